The number of rotatable bonds is 5. The molecule has 1 unspecified atom stereocenters. The number of aromatic nitrogens is 2. The lowest BCUT2D eigenvalue weighted by Gasteiger charge is -2.47. The Bertz CT molecular complexity index is 831. The number of carbonyl (C=O) groups excluding carboxylic acids is 1. The highest BCUT2D eigenvalue weighted by Gasteiger charge is 2.45. The molecule has 0 aromatic carbocycles. The van der Waals surface area contributed by atoms with Gasteiger partial charge in [-0.3, -0.25) is 14.7 Å². The van der Waals surface area contributed by atoms with Gasteiger partial charge in [0.15, 0.2) is 5.82 Å². The van der Waals surface area contributed by atoms with Crippen LogP contribution in [-0.2, 0) is 4.74 Å². The Balaban J connectivity index is 1.49. The van der Waals surface area contributed by atoms with Crippen LogP contribution in [0.25, 0.3) is 10.7 Å². The minimum atomic E-state index is -0.436. The van der Waals surface area contributed by atoms with Crippen LogP contribution in [0, 0.1) is 5.82 Å². The van der Waals surface area contributed by atoms with Crippen molar-refractivity contribution >= 4 is 17.2 Å². The van der Waals surface area contributed by atoms with Crippen LogP contribution < -0.4 is 5.32 Å². The van der Waals surface area contributed by atoms with Crippen molar-refractivity contribution in [2.45, 2.75) is 44.2 Å². The zero-order valence-electron chi connectivity index (χ0n) is 16.0. The maximum Gasteiger partial charge on any atom is 0.271 e. The van der Waals surface area contributed by atoms with E-state index in [0.717, 1.165) is 39.1 Å². The van der Waals surface area contributed by atoms with E-state index in [9.17, 15) is 9.18 Å². The maximum atomic E-state index is 13.9. The van der Waals surface area contributed by atoms with Gasteiger partial charge in [0.2, 0.25) is 0 Å². The Labute approximate surface area is 168 Å². The lowest BCUT2D eigenvalue weighted by molar-refractivity contribution is -0.0323. The van der Waals surface area contributed by atoms with E-state index < -0.39 is 5.82 Å². The Hall–Kier alpha value is -1.90. The lowest BCUT2D eigenvalue weighted by Crippen LogP contribution is -2.62. The largest absolute Gasteiger partial charge is 0.379 e. The minimum absolute atomic E-state index is 0.00247. The molecule has 8 heteroatoms. The summed E-state index contributed by atoms with van der Waals surface area (Å²) in [6.45, 7) is 5.38. The van der Waals surface area contributed by atoms with Crippen molar-refractivity contribution in [2.75, 3.05) is 26.3 Å². The maximum absolute atomic E-state index is 13.9. The summed E-state index contributed by atoms with van der Waals surface area (Å²) < 4.78 is 19.5. The molecule has 1 saturated carbocycles. The van der Waals surface area contributed by atoms with Gasteiger partial charge in [-0.1, -0.05) is 12.8 Å². The molecule has 2 fully saturated rings. The average molecular weight is 405 g/mol. The Morgan fingerprint density at radius 3 is 2.82 bits per heavy atom. The Kier molecular flexibility index (Phi) is 5.70. The number of ether oxygens (including phenoxy) is 1. The first-order chi connectivity index (χ1) is 13.6. The third-order valence-corrected chi connectivity index (χ3v) is 6.81. The second-order valence-electron chi connectivity index (χ2n) is 7.48. The molecule has 0 bridgehead atoms. The molecule has 0 spiro atoms. The number of amides is 1. The molecular formula is C20H25FN4O2S. The molecule has 0 radical (unpaired) electrons. The SMILES string of the molecule is CC(NC(=O)c1csc(-c2ncccc2F)n1)C1(N2CCOCC2)CCCC1. The Morgan fingerprint density at radius 1 is 1.36 bits per heavy atom. The normalized spacial score (nSPS) is 20.8. The molecule has 2 aromatic rings. The molecule has 150 valence electrons. The highest BCUT2D eigenvalue weighted by Crippen LogP contribution is 2.38. The molecule has 4 rings (SSSR count). The molecule has 1 N–H and O–H groups in total. The van der Waals surface area contributed by atoms with Gasteiger partial charge < -0.3 is 10.1 Å². The van der Waals surface area contributed by atoms with Gasteiger partial charge in [0, 0.05) is 36.2 Å². The van der Waals surface area contributed by atoms with E-state index in [4.69, 9.17) is 4.74 Å². The summed E-state index contributed by atoms with van der Waals surface area (Å²) in [6.07, 6.45) is 6.04. The summed E-state index contributed by atoms with van der Waals surface area (Å²) in [5.41, 5.74) is 0.470. The van der Waals surface area contributed by atoms with Crippen molar-refractivity contribution in [1.82, 2.24) is 20.2 Å². The number of thiazole rings is 1. The standard InChI is InChI=1S/C20H25FN4O2S/c1-14(20(6-2-3-7-20)25-9-11-27-12-10-25)23-18(26)16-13-28-19(24-16)17-15(21)5-4-8-22-17/h4-5,8,13-14H,2-3,6-7,9-12H2,1H3,(H,23,26). The molecule has 1 aliphatic carbocycles. The first-order valence-corrected chi connectivity index (χ1v) is 10.7. The van der Waals surface area contributed by atoms with Gasteiger partial charge in [-0.25, -0.2) is 9.37 Å². The zero-order chi connectivity index (χ0) is 19.6. The Morgan fingerprint density at radius 2 is 2.11 bits per heavy atom. The number of hydrogen-bond acceptors (Lipinski definition) is 6. The molecular weight excluding hydrogens is 379 g/mol. The summed E-state index contributed by atoms with van der Waals surface area (Å²) in [5, 5.41) is 5.25. The summed E-state index contributed by atoms with van der Waals surface area (Å²) >= 11 is 1.23. The van der Waals surface area contributed by atoms with Crippen LogP contribution in [0.15, 0.2) is 23.7 Å². The summed E-state index contributed by atoms with van der Waals surface area (Å²) in [4.78, 5) is 23.7. The van der Waals surface area contributed by atoms with E-state index >= 15 is 0 Å². The fourth-order valence-electron chi connectivity index (χ4n) is 4.45. The summed E-state index contributed by atoms with van der Waals surface area (Å²) in [7, 11) is 0. The van der Waals surface area contributed by atoms with Gasteiger partial charge in [-0.05, 0) is 31.9 Å². The number of pyridine rings is 1. The number of carbonyl (C=O) groups is 1. The van der Waals surface area contributed by atoms with E-state index in [0.29, 0.717) is 10.7 Å². The highest BCUT2D eigenvalue weighted by atomic mass is 32.1. The summed E-state index contributed by atoms with van der Waals surface area (Å²) in [6, 6.07) is 2.88. The van der Waals surface area contributed by atoms with Crippen molar-refractivity contribution < 1.29 is 13.9 Å². The van der Waals surface area contributed by atoms with E-state index in [1.807, 2.05) is 0 Å². The lowest BCUT2D eigenvalue weighted by atomic mass is 9.86. The molecule has 1 saturated heterocycles. The second kappa shape index (κ2) is 8.23. The molecule has 6 nitrogen and oxygen atoms in total. The fourth-order valence-corrected chi connectivity index (χ4v) is 5.25. The van der Waals surface area contributed by atoms with Crippen LogP contribution in [0.4, 0.5) is 4.39 Å². The van der Waals surface area contributed by atoms with E-state index in [1.54, 1.807) is 5.38 Å². The molecule has 1 aliphatic heterocycles. The van der Waals surface area contributed by atoms with E-state index in [-0.39, 0.29) is 23.2 Å². The van der Waals surface area contributed by atoms with Gasteiger partial charge in [-0.15, -0.1) is 11.3 Å². The number of morpholine rings is 1. The van der Waals surface area contributed by atoms with Crippen molar-refractivity contribution in [2.24, 2.45) is 0 Å². The van der Waals surface area contributed by atoms with Gasteiger partial charge in [0.1, 0.15) is 16.4 Å². The topological polar surface area (TPSA) is 67.4 Å². The van der Waals surface area contributed by atoms with E-state index in [2.05, 4.69) is 27.1 Å². The average Bonchev–Trinajstić information content (AvgIpc) is 3.40. The number of nitrogens with one attached hydrogen (secondary N) is 1. The van der Waals surface area contributed by atoms with Gasteiger partial charge in [0.25, 0.3) is 5.91 Å². The minimum Gasteiger partial charge on any atom is -0.379 e. The van der Waals surface area contributed by atoms with Crippen LogP contribution in [-0.4, -0.2) is 58.7 Å². The fraction of sp³-hybridized carbons (Fsp3) is 0.550. The van der Waals surface area contributed by atoms with Gasteiger partial charge in [0.05, 0.1) is 13.2 Å². The van der Waals surface area contributed by atoms with Gasteiger partial charge >= 0.3 is 0 Å². The second-order valence-corrected chi connectivity index (χ2v) is 8.34. The molecule has 1 atom stereocenters. The molecule has 2 aliphatic rings. The first kappa shape index (κ1) is 19.4. The smallest absolute Gasteiger partial charge is 0.271 e. The van der Waals surface area contributed by atoms with E-state index in [1.165, 1.54) is 42.5 Å². The zero-order valence-corrected chi connectivity index (χ0v) is 16.8. The van der Waals surface area contributed by atoms with Crippen LogP contribution in [0.3, 0.4) is 0 Å². The molecule has 1 amide bonds. The number of halogens is 1. The predicted octanol–water partition coefficient (Wildman–Crippen LogP) is 3.11. The van der Waals surface area contributed by atoms with Crippen molar-refractivity contribution in [3.63, 3.8) is 0 Å². The van der Waals surface area contributed by atoms with Crippen molar-refractivity contribution in [1.29, 1.82) is 0 Å². The highest BCUT2D eigenvalue weighted by molar-refractivity contribution is 7.13. The number of nitrogens with zero attached hydrogens (tertiary/aromatic N) is 3. The monoisotopic (exact) mass is 404 g/mol. The molecule has 28 heavy (non-hydrogen) atoms. The number of hydrogen-bond donors (Lipinski definition) is 1. The third-order valence-electron chi connectivity index (χ3n) is 5.96. The van der Waals surface area contributed by atoms with Crippen LogP contribution in [0.2, 0.25) is 0 Å². The van der Waals surface area contributed by atoms with Crippen LogP contribution >= 0.6 is 11.3 Å². The quantitative estimate of drug-likeness (QED) is 0.829. The van der Waals surface area contributed by atoms with Gasteiger partial charge in [-0.2, -0.15) is 0 Å². The van der Waals surface area contributed by atoms with Crippen molar-refractivity contribution in [3.05, 3.63) is 35.2 Å². The molecule has 3 heterocycles. The van der Waals surface area contributed by atoms with Crippen LogP contribution in [0.1, 0.15) is 43.1 Å². The third kappa shape index (κ3) is 3.68. The first-order valence-electron chi connectivity index (χ1n) is 9.80. The molecule has 2 aromatic heterocycles. The predicted molar refractivity (Wildman–Crippen MR) is 106 cm³/mol. The summed E-state index contributed by atoms with van der Waals surface area (Å²) in [5.74, 6) is -0.653. The van der Waals surface area contributed by atoms with Crippen molar-refractivity contribution in [3.8, 4) is 10.7 Å². The van der Waals surface area contributed by atoms with Crippen LogP contribution in [0.5, 0.6) is 0 Å².